The lowest BCUT2D eigenvalue weighted by molar-refractivity contribution is -0.136. The number of nitrogens with zero attached hydrogens (tertiary/aromatic N) is 3. The van der Waals surface area contributed by atoms with E-state index in [-0.39, 0.29) is 28.8 Å². The molecule has 10 heteroatoms. The first-order valence-corrected chi connectivity index (χ1v) is 11.5. The molecule has 0 radical (unpaired) electrons. The van der Waals surface area contributed by atoms with Crippen LogP contribution in [0.3, 0.4) is 0 Å². The van der Waals surface area contributed by atoms with Crippen LogP contribution < -0.4 is 15.7 Å². The van der Waals surface area contributed by atoms with Crippen LogP contribution in [0, 0.1) is 0 Å². The zero-order chi connectivity index (χ0) is 24.0. The molecule has 6 rings (SSSR count). The van der Waals surface area contributed by atoms with Gasteiger partial charge in [-0.2, -0.15) is 23.1 Å². The summed E-state index contributed by atoms with van der Waals surface area (Å²) < 4.78 is 41.7. The number of anilines is 3. The highest BCUT2D eigenvalue weighted by molar-refractivity contribution is 5.92. The van der Waals surface area contributed by atoms with E-state index >= 15 is 0 Å². The Morgan fingerprint density at radius 1 is 1.06 bits per heavy atom. The summed E-state index contributed by atoms with van der Waals surface area (Å²) in [5.41, 5.74) is 3.45. The summed E-state index contributed by atoms with van der Waals surface area (Å²) in [6.45, 7) is 2.09. The standard InChI is InChI=1S/C25H23F3N6O/c26-25(27,28)19-14-30-22-21(19)23(34-20(9-11-35-34)15-4-2-1-3-5-15)33-24(32-22)31-18-7-6-17-13-29-10-8-16(17)12-18/h1-7,12,14,20,29H,8-11,13H2,(H2,30,31,32,33)/t20-/m0/s1. The van der Waals surface area contributed by atoms with Crippen molar-refractivity contribution in [1.82, 2.24) is 20.3 Å². The van der Waals surface area contributed by atoms with Crippen LogP contribution in [0.2, 0.25) is 0 Å². The molecule has 2 aliphatic heterocycles. The molecule has 180 valence electrons. The van der Waals surface area contributed by atoms with Crippen molar-refractivity contribution < 1.29 is 18.0 Å². The highest BCUT2D eigenvalue weighted by Gasteiger charge is 2.39. The van der Waals surface area contributed by atoms with Crippen LogP contribution in [-0.4, -0.2) is 28.1 Å². The maximum Gasteiger partial charge on any atom is 0.418 e. The Bertz CT molecular complexity index is 1370. The summed E-state index contributed by atoms with van der Waals surface area (Å²) in [7, 11) is 0. The van der Waals surface area contributed by atoms with Crippen LogP contribution in [0.25, 0.3) is 11.0 Å². The van der Waals surface area contributed by atoms with Gasteiger partial charge in [-0.15, -0.1) is 0 Å². The van der Waals surface area contributed by atoms with Crippen molar-refractivity contribution >= 4 is 28.5 Å². The van der Waals surface area contributed by atoms with Gasteiger partial charge in [0.05, 0.1) is 23.6 Å². The molecule has 7 nitrogen and oxygen atoms in total. The fourth-order valence-electron chi connectivity index (χ4n) is 4.79. The maximum absolute atomic E-state index is 13.9. The number of nitrogens with one attached hydrogen (secondary N) is 3. The number of alkyl halides is 3. The number of aromatic nitrogens is 3. The van der Waals surface area contributed by atoms with Crippen molar-refractivity contribution in [3.8, 4) is 0 Å². The average Bonchev–Trinajstić information content (AvgIpc) is 3.52. The highest BCUT2D eigenvalue weighted by atomic mass is 19.4. The molecule has 2 aromatic carbocycles. The summed E-state index contributed by atoms with van der Waals surface area (Å²) >= 11 is 0. The van der Waals surface area contributed by atoms with E-state index in [4.69, 9.17) is 4.84 Å². The summed E-state index contributed by atoms with van der Waals surface area (Å²) in [5.74, 6) is 0.277. The largest absolute Gasteiger partial charge is 0.418 e. The molecule has 4 heterocycles. The fraction of sp³-hybridized carbons (Fsp3) is 0.280. The van der Waals surface area contributed by atoms with Crippen molar-refractivity contribution in [2.45, 2.75) is 31.6 Å². The van der Waals surface area contributed by atoms with Gasteiger partial charge in [-0.1, -0.05) is 36.4 Å². The van der Waals surface area contributed by atoms with Crippen LogP contribution in [0.4, 0.5) is 30.6 Å². The number of benzene rings is 2. The molecule has 1 saturated heterocycles. The van der Waals surface area contributed by atoms with Crippen LogP contribution in [0.15, 0.2) is 54.7 Å². The quantitative estimate of drug-likeness (QED) is 0.370. The number of halogens is 3. The van der Waals surface area contributed by atoms with E-state index in [1.165, 1.54) is 16.2 Å². The molecule has 3 N–H and O–H groups in total. The summed E-state index contributed by atoms with van der Waals surface area (Å²) in [5, 5.41) is 7.91. The monoisotopic (exact) mass is 480 g/mol. The molecule has 4 aromatic rings. The second-order valence-corrected chi connectivity index (χ2v) is 8.70. The Kier molecular flexibility index (Phi) is 5.34. The normalized spacial score (nSPS) is 18.1. The van der Waals surface area contributed by atoms with Crippen molar-refractivity contribution in [2.75, 3.05) is 23.5 Å². The van der Waals surface area contributed by atoms with E-state index in [2.05, 4.69) is 25.6 Å². The van der Waals surface area contributed by atoms with Gasteiger partial charge in [-0.3, -0.25) is 4.84 Å². The third-order valence-corrected chi connectivity index (χ3v) is 6.46. The summed E-state index contributed by atoms with van der Waals surface area (Å²) in [6, 6.07) is 15.3. The lowest BCUT2D eigenvalue weighted by atomic mass is 10.0. The molecule has 35 heavy (non-hydrogen) atoms. The van der Waals surface area contributed by atoms with Gasteiger partial charge in [0.25, 0.3) is 0 Å². The fourth-order valence-corrected chi connectivity index (χ4v) is 4.79. The molecule has 0 spiro atoms. The third kappa shape index (κ3) is 4.08. The number of aromatic amines is 1. The lowest BCUT2D eigenvalue weighted by Gasteiger charge is -2.25. The lowest BCUT2D eigenvalue weighted by Crippen LogP contribution is -2.24. The Morgan fingerprint density at radius 3 is 2.74 bits per heavy atom. The highest BCUT2D eigenvalue weighted by Crippen LogP contribution is 2.43. The van der Waals surface area contributed by atoms with Crippen LogP contribution in [0.5, 0.6) is 0 Å². The summed E-state index contributed by atoms with van der Waals surface area (Å²) in [4.78, 5) is 17.5. The van der Waals surface area contributed by atoms with E-state index in [0.29, 0.717) is 13.0 Å². The van der Waals surface area contributed by atoms with Crippen molar-refractivity contribution in [2.24, 2.45) is 0 Å². The number of hydroxylamine groups is 1. The Morgan fingerprint density at radius 2 is 1.91 bits per heavy atom. The number of H-pyrrole nitrogens is 1. The molecule has 0 aliphatic carbocycles. The molecular weight excluding hydrogens is 457 g/mol. The van der Waals surface area contributed by atoms with Crippen LogP contribution in [0.1, 0.15) is 34.7 Å². The molecule has 1 fully saturated rings. The minimum Gasteiger partial charge on any atom is -0.345 e. The van der Waals surface area contributed by atoms with E-state index in [0.717, 1.165) is 37.0 Å². The number of rotatable bonds is 4. The molecule has 2 aliphatic rings. The smallest absolute Gasteiger partial charge is 0.345 e. The molecule has 0 unspecified atom stereocenters. The zero-order valence-electron chi connectivity index (χ0n) is 18.7. The molecular formula is C25H23F3N6O. The molecule has 0 bridgehead atoms. The summed E-state index contributed by atoms with van der Waals surface area (Å²) in [6.07, 6.45) is -2.10. The number of fused-ring (bicyclic) bond motifs is 2. The van der Waals surface area contributed by atoms with E-state index in [1.807, 2.05) is 48.5 Å². The average molecular weight is 480 g/mol. The second-order valence-electron chi connectivity index (χ2n) is 8.70. The van der Waals surface area contributed by atoms with Crippen molar-refractivity contribution in [3.63, 3.8) is 0 Å². The van der Waals surface area contributed by atoms with Crippen molar-refractivity contribution in [3.05, 3.63) is 77.0 Å². The van der Waals surface area contributed by atoms with E-state index < -0.39 is 11.7 Å². The van der Waals surface area contributed by atoms with Gasteiger partial charge in [0.1, 0.15) is 5.65 Å². The number of hydrogen-bond donors (Lipinski definition) is 3. The molecule has 2 aromatic heterocycles. The van der Waals surface area contributed by atoms with Gasteiger partial charge in [0.15, 0.2) is 5.82 Å². The number of hydrogen-bond acceptors (Lipinski definition) is 6. The van der Waals surface area contributed by atoms with Crippen LogP contribution in [-0.2, 0) is 24.0 Å². The SMILES string of the molecule is FC(F)(F)c1c[nH]c2nc(Nc3ccc4c(c3)CCNC4)nc(N3OCC[C@H]3c3ccccc3)c12. The van der Waals surface area contributed by atoms with Gasteiger partial charge in [0.2, 0.25) is 5.95 Å². The van der Waals surface area contributed by atoms with E-state index in [9.17, 15) is 13.2 Å². The van der Waals surface area contributed by atoms with Crippen molar-refractivity contribution in [1.29, 1.82) is 0 Å². The first kappa shape index (κ1) is 21.9. The van der Waals surface area contributed by atoms with Gasteiger partial charge < -0.3 is 15.6 Å². The third-order valence-electron chi connectivity index (χ3n) is 6.46. The predicted octanol–water partition coefficient (Wildman–Crippen LogP) is 5.25. The minimum absolute atomic E-state index is 0.0830. The Labute approximate surface area is 199 Å². The van der Waals surface area contributed by atoms with Crippen LogP contribution >= 0.6 is 0 Å². The van der Waals surface area contributed by atoms with Gasteiger partial charge >= 0.3 is 6.18 Å². The molecule has 1 atom stereocenters. The Hall–Kier alpha value is -3.63. The van der Waals surface area contributed by atoms with Gasteiger partial charge in [0, 0.05) is 24.8 Å². The van der Waals surface area contributed by atoms with Gasteiger partial charge in [-0.25, -0.2) is 5.06 Å². The molecule has 0 saturated carbocycles. The first-order valence-electron chi connectivity index (χ1n) is 11.5. The second kappa shape index (κ2) is 8.54. The Balaban J connectivity index is 1.45. The zero-order valence-corrected chi connectivity index (χ0v) is 18.7. The molecule has 0 amide bonds. The van der Waals surface area contributed by atoms with Gasteiger partial charge in [-0.05, 0) is 41.8 Å². The minimum atomic E-state index is -4.57. The predicted molar refractivity (Wildman–Crippen MR) is 126 cm³/mol. The first-order chi connectivity index (χ1) is 17.0. The maximum atomic E-state index is 13.9. The van der Waals surface area contributed by atoms with E-state index in [1.54, 1.807) is 0 Å². The topological polar surface area (TPSA) is 78.1 Å².